The van der Waals surface area contributed by atoms with Gasteiger partial charge in [-0.15, -0.1) is 0 Å². The molecule has 0 bridgehead atoms. The Bertz CT molecular complexity index is 490. The second-order valence-corrected chi connectivity index (χ2v) is 4.26. The van der Waals surface area contributed by atoms with Gasteiger partial charge in [0.05, 0.1) is 5.69 Å². The van der Waals surface area contributed by atoms with Crippen molar-refractivity contribution in [2.24, 2.45) is 7.05 Å². The van der Waals surface area contributed by atoms with E-state index in [9.17, 15) is 0 Å². The molecule has 0 aliphatic carbocycles. The molecule has 0 amide bonds. The van der Waals surface area contributed by atoms with E-state index in [4.69, 9.17) is 0 Å². The molecule has 1 atom stereocenters. The Morgan fingerprint density at radius 2 is 2.24 bits per heavy atom. The van der Waals surface area contributed by atoms with Crippen LogP contribution < -0.4 is 5.32 Å². The second-order valence-electron chi connectivity index (χ2n) is 4.26. The Morgan fingerprint density at radius 1 is 1.41 bits per heavy atom. The van der Waals surface area contributed by atoms with Crippen LogP contribution in [0, 0.1) is 6.92 Å². The van der Waals surface area contributed by atoms with Crippen LogP contribution in [0.15, 0.2) is 30.7 Å². The summed E-state index contributed by atoms with van der Waals surface area (Å²) >= 11 is 0. The van der Waals surface area contributed by atoms with Crippen LogP contribution in [0.4, 0.5) is 0 Å². The summed E-state index contributed by atoms with van der Waals surface area (Å²) in [5.41, 5.74) is 3.60. The highest BCUT2D eigenvalue weighted by Gasteiger charge is 2.13. The highest BCUT2D eigenvalue weighted by Crippen LogP contribution is 2.19. The molecule has 2 rings (SSSR count). The minimum atomic E-state index is 0.285. The maximum atomic E-state index is 4.41. The molecule has 0 radical (unpaired) electrons. The van der Waals surface area contributed by atoms with Gasteiger partial charge in [0.25, 0.3) is 0 Å². The summed E-state index contributed by atoms with van der Waals surface area (Å²) in [5, 5.41) is 7.75. The van der Waals surface area contributed by atoms with Gasteiger partial charge in [0, 0.05) is 38.1 Å². The summed E-state index contributed by atoms with van der Waals surface area (Å²) < 4.78 is 1.83. The van der Waals surface area contributed by atoms with Crippen molar-refractivity contribution in [3.63, 3.8) is 0 Å². The molecule has 0 saturated heterocycles. The smallest absolute Gasteiger partial charge is 0.0643 e. The van der Waals surface area contributed by atoms with Gasteiger partial charge in [0.1, 0.15) is 0 Å². The molecule has 90 valence electrons. The molecule has 0 aliphatic rings. The van der Waals surface area contributed by atoms with Gasteiger partial charge in [-0.1, -0.05) is 0 Å². The molecule has 0 aromatic carbocycles. The molecule has 4 nitrogen and oxygen atoms in total. The lowest BCUT2D eigenvalue weighted by atomic mass is 9.99. The molecule has 0 spiro atoms. The van der Waals surface area contributed by atoms with E-state index in [-0.39, 0.29) is 6.04 Å². The standard InChI is InChI=1S/C13H18N4/c1-10-9-15-6-4-12(10)13(14-2)8-11-5-7-17(3)16-11/h4-7,9,13-14H,8H2,1-3H3. The zero-order valence-electron chi connectivity index (χ0n) is 10.5. The fourth-order valence-corrected chi connectivity index (χ4v) is 2.02. The van der Waals surface area contributed by atoms with E-state index in [0.717, 1.165) is 12.1 Å². The molecular formula is C13H18N4. The SMILES string of the molecule is CNC(Cc1ccn(C)n1)c1ccncc1C. The Labute approximate surface area is 102 Å². The van der Waals surface area contributed by atoms with Gasteiger partial charge >= 0.3 is 0 Å². The molecule has 0 saturated carbocycles. The molecule has 0 aliphatic heterocycles. The molecule has 2 aromatic heterocycles. The normalized spacial score (nSPS) is 12.6. The number of nitrogens with zero attached hydrogens (tertiary/aromatic N) is 3. The quantitative estimate of drug-likeness (QED) is 0.868. The van der Waals surface area contributed by atoms with Crippen molar-refractivity contribution in [2.75, 3.05) is 7.05 Å². The molecule has 2 heterocycles. The third-order valence-corrected chi connectivity index (χ3v) is 2.97. The van der Waals surface area contributed by atoms with E-state index in [1.54, 1.807) is 0 Å². The third-order valence-electron chi connectivity index (χ3n) is 2.97. The average molecular weight is 230 g/mol. The van der Waals surface area contributed by atoms with E-state index < -0.39 is 0 Å². The summed E-state index contributed by atoms with van der Waals surface area (Å²) in [6, 6.07) is 4.41. The Balaban J connectivity index is 2.20. The fourth-order valence-electron chi connectivity index (χ4n) is 2.02. The first-order valence-corrected chi connectivity index (χ1v) is 5.77. The number of rotatable bonds is 4. The van der Waals surface area contributed by atoms with Gasteiger partial charge in [-0.25, -0.2) is 0 Å². The van der Waals surface area contributed by atoms with Gasteiger partial charge in [-0.05, 0) is 37.2 Å². The van der Waals surface area contributed by atoms with E-state index in [0.29, 0.717) is 0 Å². The predicted molar refractivity (Wildman–Crippen MR) is 67.7 cm³/mol. The highest BCUT2D eigenvalue weighted by atomic mass is 15.2. The van der Waals surface area contributed by atoms with Gasteiger partial charge in [-0.3, -0.25) is 9.67 Å². The number of likely N-dealkylation sites (N-methyl/N-ethyl adjacent to an activating group) is 1. The van der Waals surface area contributed by atoms with Crippen molar-refractivity contribution in [2.45, 2.75) is 19.4 Å². The lowest BCUT2D eigenvalue weighted by Gasteiger charge is -2.17. The summed E-state index contributed by atoms with van der Waals surface area (Å²) in [4.78, 5) is 4.13. The molecule has 2 aromatic rings. The average Bonchev–Trinajstić information content (AvgIpc) is 2.73. The summed E-state index contributed by atoms with van der Waals surface area (Å²) in [7, 11) is 3.92. The van der Waals surface area contributed by atoms with E-state index in [1.165, 1.54) is 11.1 Å². The first-order chi connectivity index (χ1) is 8.20. The predicted octanol–water partition coefficient (Wildman–Crippen LogP) is 1.63. The largest absolute Gasteiger partial charge is 0.313 e. The van der Waals surface area contributed by atoms with E-state index in [2.05, 4.69) is 34.5 Å². The minimum Gasteiger partial charge on any atom is -0.313 e. The van der Waals surface area contributed by atoms with Crippen molar-refractivity contribution in [3.05, 3.63) is 47.5 Å². The van der Waals surface area contributed by atoms with Crippen LogP contribution in [-0.2, 0) is 13.5 Å². The van der Waals surface area contributed by atoms with Crippen molar-refractivity contribution < 1.29 is 0 Å². The molecule has 1 N–H and O–H groups in total. The van der Waals surface area contributed by atoms with E-state index >= 15 is 0 Å². The zero-order chi connectivity index (χ0) is 12.3. The Hall–Kier alpha value is -1.68. The zero-order valence-corrected chi connectivity index (χ0v) is 10.5. The van der Waals surface area contributed by atoms with Gasteiger partial charge < -0.3 is 5.32 Å². The number of hydrogen-bond donors (Lipinski definition) is 1. The second kappa shape index (κ2) is 5.10. The number of hydrogen-bond acceptors (Lipinski definition) is 3. The fraction of sp³-hybridized carbons (Fsp3) is 0.385. The lowest BCUT2D eigenvalue weighted by Crippen LogP contribution is -2.20. The van der Waals surface area contributed by atoms with Crippen LogP contribution in [0.2, 0.25) is 0 Å². The highest BCUT2D eigenvalue weighted by molar-refractivity contribution is 5.26. The lowest BCUT2D eigenvalue weighted by molar-refractivity contribution is 0.574. The third kappa shape index (κ3) is 2.71. The van der Waals surface area contributed by atoms with Crippen molar-refractivity contribution in [1.29, 1.82) is 0 Å². The first kappa shape index (κ1) is 11.8. The molecule has 0 fully saturated rings. The van der Waals surface area contributed by atoms with E-state index in [1.807, 2.05) is 37.4 Å². The molecule has 1 unspecified atom stereocenters. The van der Waals surface area contributed by atoms with Crippen LogP contribution in [0.1, 0.15) is 22.9 Å². The maximum absolute atomic E-state index is 4.41. The summed E-state index contributed by atoms with van der Waals surface area (Å²) in [5.74, 6) is 0. The maximum Gasteiger partial charge on any atom is 0.0643 e. The first-order valence-electron chi connectivity index (χ1n) is 5.77. The number of nitrogens with one attached hydrogen (secondary N) is 1. The minimum absolute atomic E-state index is 0.285. The summed E-state index contributed by atoms with van der Waals surface area (Å²) in [6.07, 6.45) is 6.60. The topological polar surface area (TPSA) is 42.7 Å². The number of aryl methyl sites for hydroxylation is 2. The molecular weight excluding hydrogens is 212 g/mol. The summed E-state index contributed by atoms with van der Waals surface area (Å²) in [6.45, 7) is 2.09. The monoisotopic (exact) mass is 230 g/mol. The Morgan fingerprint density at radius 3 is 2.82 bits per heavy atom. The van der Waals surface area contributed by atoms with Crippen molar-refractivity contribution in [3.8, 4) is 0 Å². The number of aromatic nitrogens is 3. The van der Waals surface area contributed by atoms with Crippen LogP contribution in [-0.4, -0.2) is 21.8 Å². The van der Waals surface area contributed by atoms with Crippen LogP contribution in [0.5, 0.6) is 0 Å². The Kier molecular flexibility index (Phi) is 3.54. The van der Waals surface area contributed by atoms with Gasteiger partial charge in [0.2, 0.25) is 0 Å². The van der Waals surface area contributed by atoms with Crippen molar-refractivity contribution >= 4 is 0 Å². The van der Waals surface area contributed by atoms with Crippen molar-refractivity contribution in [1.82, 2.24) is 20.1 Å². The van der Waals surface area contributed by atoms with Gasteiger partial charge in [0.15, 0.2) is 0 Å². The van der Waals surface area contributed by atoms with Crippen LogP contribution >= 0.6 is 0 Å². The van der Waals surface area contributed by atoms with Crippen LogP contribution in [0.25, 0.3) is 0 Å². The number of pyridine rings is 1. The van der Waals surface area contributed by atoms with Crippen LogP contribution in [0.3, 0.4) is 0 Å². The van der Waals surface area contributed by atoms with Gasteiger partial charge in [-0.2, -0.15) is 5.10 Å². The molecule has 17 heavy (non-hydrogen) atoms. The molecule has 4 heteroatoms.